The first-order valence-corrected chi connectivity index (χ1v) is 7.10. The maximum atomic E-state index is 11.1. The van der Waals surface area contributed by atoms with Crippen molar-refractivity contribution in [3.05, 3.63) is 33.9 Å². The van der Waals surface area contributed by atoms with Crippen molar-refractivity contribution in [3.8, 4) is 6.07 Å². The molecule has 0 heterocycles. The minimum atomic E-state index is -0.427. The van der Waals surface area contributed by atoms with Crippen molar-refractivity contribution >= 4 is 11.4 Å². The van der Waals surface area contributed by atoms with Crippen LogP contribution in [0, 0.1) is 39.2 Å². The summed E-state index contributed by atoms with van der Waals surface area (Å²) in [7, 11) is 0. The van der Waals surface area contributed by atoms with E-state index in [0.717, 1.165) is 18.4 Å². The second-order valence-electron chi connectivity index (χ2n) is 5.92. The molecule has 1 N–H and O–H groups in total. The molecule has 3 atom stereocenters. The van der Waals surface area contributed by atoms with Gasteiger partial charge in [-0.25, -0.2) is 0 Å². The Kier molecular flexibility index (Phi) is 3.31. The highest BCUT2D eigenvalue weighted by Gasteiger charge is 2.39. The van der Waals surface area contributed by atoms with Gasteiger partial charge in [0.2, 0.25) is 0 Å². The van der Waals surface area contributed by atoms with Crippen LogP contribution in [0.15, 0.2) is 18.2 Å². The van der Waals surface area contributed by atoms with Crippen molar-refractivity contribution in [3.63, 3.8) is 0 Å². The standard InChI is InChI=1S/C15H17N3O2/c16-8-11-2-4-14(15(7-11)18(19)20)17-9-13-6-10-1-3-12(13)5-10/h2,4,7,10,12-13,17H,1,3,5-6,9H2. The van der Waals surface area contributed by atoms with Crippen LogP contribution in [-0.4, -0.2) is 11.5 Å². The summed E-state index contributed by atoms with van der Waals surface area (Å²) in [6.45, 7) is 0.800. The van der Waals surface area contributed by atoms with Crippen LogP contribution in [-0.2, 0) is 0 Å². The van der Waals surface area contributed by atoms with Gasteiger partial charge in [-0.1, -0.05) is 6.42 Å². The third-order valence-corrected chi connectivity index (χ3v) is 4.76. The Bertz CT molecular complexity index is 579. The zero-order valence-electron chi connectivity index (χ0n) is 11.2. The van der Waals surface area contributed by atoms with Crippen molar-refractivity contribution < 1.29 is 4.92 Å². The van der Waals surface area contributed by atoms with E-state index in [9.17, 15) is 10.1 Å². The lowest BCUT2D eigenvalue weighted by atomic mass is 9.89. The fourth-order valence-electron chi connectivity index (χ4n) is 3.77. The van der Waals surface area contributed by atoms with E-state index in [1.165, 1.54) is 31.7 Å². The average molecular weight is 271 g/mol. The van der Waals surface area contributed by atoms with E-state index in [4.69, 9.17) is 5.26 Å². The number of hydrogen-bond donors (Lipinski definition) is 1. The minimum Gasteiger partial charge on any atom is -0.379 e. The number of nitrogens with one attached hydrogen (secondary N) is 1. The van der Waals surface area contributed by atoms with E-state index < -0.39 is 4.92 Å². The molecular weight excluding hydrogens is 254 g/mol. The van der Waals surface area contributed by atoms with Gasteiger partial charge in [0.15, 0.2) is 0 Å². The Balaban J connectivity index is 1.71. The largest absolute Gasteiger partial charge is 0.379 e. The molecule has 0 spiro atoms. The summed E-state index contributed by atoms with van der Waals surface area (Å²) in [6, 6.07) is 6.54. The quantitative estimate of drug-likeness (QED) is 0.673. The third kappa shape index (κ3) is 2.34. The summed E-state index contributed by atoms with van der Waals surface area (Å²) < 4.78 is 0. The van der Waals surface area contributed by atoms with Crippen LogP contribution in [0.25, 0.3) is 0 Å². The van der Waals surface area contributed by atoms with Gasteiger partial charge in [0.1, 0.15) is 5.69 Å². The van der Waals surface area contributed by atoms with Gasteiger partial charge in [0.05, 0.1) is 16.6 Å². The third-order valence-electron chi connectivity index (χ3n) is 4.76. The second kappa shape index (κ2) is 5.12. The zero-order valence-corrected chi connectivity index (χ0v) is 11.2. The van der Waals surface area contributed by atoms with Gasteiger partial charge in [0, 0.05) is 12.6 Å². The highest BCUT2D eigenvalue weighted by molar-refractivity contribution is 5.64. The van der Waals surface area contributed by atoms with E-state index in [2.05, 4.69) is 5.32 Å². The molecule has 2 saturated carbocycles. The maximum absolute atomic E-state index is 11.1. The first kappa shape index (κ1) is 12.9. The summed E-state index contributed by atoms with van der Waals surface area (Å²) in [5, 5.41) is 23.1. The molecule has 1 aromatic carbocycles. The number of rotatable bonds is 4. The van der Waals surface area contributed by atoms with Crippen molar-refractivity contribution in [2.45, 2.75) is 25.7 Å². The zero-order chi connectivity index (χ0) is 14.1. The van der Waals surface area contributed by atoms with Gasteiger partial charge in [0.25, 0.3) is 5.69 Å². The van der Waals surface area contributed by atoms with E-state index in [-0.39, 0.29) is 5.69 Å². The van der Waals surface area contributed by atoms with Gasteiger partial charge in [-0.3, -0.25) is 10.1 Å². The molecule has 2 aliphatic carbocycles. The number of nitro benzene ring substituents is 1. The number of anilines is 1. The van der Waals surface area contributed by atoms with Gasteiger partial charge >= 0.3 is 0 Å². The molecule has 0 amide bonds. The van der Waals surface area contributed by atoms with E-state index >= 15 is 0 Å². The van der Waals surface area contributed by atoms with Crippen LogP contribution >= 0.6 is 0 Å². The van der Waals surface area contributed by atoms with Gasteiger partial charge in [-0.05, 0) is 49.1 Å². The summed E-state index contributed by atoms with van der Waals surface area (Å²) in [4.78, 5) is 10.6. The van der Waals surface area contributed by atoms with Crippen LogP contribution in [0.5, 0.6) is 0 Å². The summed E-state index contributed by atoms with van der Waals surface area (Å²) in [5.41, 5.74) is 0.839. The lowest BCUT2D eigenvalue weighted by molar-refractivity contribution is -0.384. The molecule has 104 valence electrons. The van der Waals surface area contributed by atoms with Crippen molar-refractivity contribution in [2.75, 3.05) is 11.9 Å². The minimum absolute atomic E-state index is 0.00722. The summed E-state index contributed by atoms with van der Waals surface area (Å²) >= 11 is 0. The van der Waals surface area contributed by atoms with E-state index in [1.54, 1.807) is 12.1 Å². The summed E-state index contributed by atoms with van der Waals surface area (Å²) in [5.74, 6) is 2.32. The normalized spacial score (nSPS) is 27.2. The Hall–Kier alpha value is -2.09. The Morgan fingerprint density at radius 3 is 2.85 bits per heavy atom. The molecule has 3 unspecified atom stereocenters. The van der Waals surface area contributed by atoms with Crippen LogP contribution in [0.1, 0.15) is 31.2 Å². The SMILES string of the molecule is N#Cc1ccc(NCC2CC3CCC2C3)c([N+](=O)[O-])c1. The Labute approximate surface area is 117 Å². The van der Waals surface area contributed by atoms with Gasteiger partial charge < -0.3 is 5.32 Å². The van der Waals surface area contributed by atoms with Gasteiger partial charge in [-0.15, -0.1) is 0 Å². The molecule has 2 fully saturated rings. The molecule has 2 bridgehead atoms. The van der Waals surface area contributed by atoms with Crippen molar-refractivity contribution in [1.29, 1.82) is 5.26 Å². The van der Waals surface area contributed by atoms with Crippen LogP contribution < -0.4 is 5.32 Å². The predicted molar refractivity (Wildman–Crippen MR) is 75.2 cm³/mol. The second-order valence-corrected chi connectivity index (χ2v) is 5.92. The molecule has 0 aliphatic heterocycles. The molecule has 0 aromatic heterocycles. The molecule has 3 rings (SSSR count). The fourth-order valence-corrected chi connectivity index (χ4v) is 3.77. The Morgan fingerprint density at radius 1 is 1.40 bits per heavy atom. The lowest BCUT2D eigenvalue weighted by Gasteiger charge is -2.22. The molecule has 20 heavy (non-hydrogen) atoms. The Morgan fingerprint density at radius 2 is 2.25 bits per heavy atom. The molecule has 2 aliphatic rings. The number of fused-ring (bicyclic) bond motifs is 2. The van der Waals surface area contributed by atoms with E-state index in [1.807, 2.05) is 6.07 Å². The van der Waals surface area contributed by atoms with E-state index in [0.29, 0.717) is 17.2 Å². The van der Waals surface area contributed by atoms with Crippen molar-refractivity contribution in [1.82, 2.24) is 0 Å². The fraction of sp³-hybridized carbons (Fsp3) is 0.533. The summed E-state index contributed by atoms with van der Waals surface area (Å²) in [6.07, 6.45) is 5.26. The topological polar surface area (TPSA) is 79.0 Å². The number of nitrogens with zero attached hydrogens (tertiary/aromatic N) is 2. The predicted octanol–water partition coefficient (Wildman–Crippen LogP) is 3.31. The smallest absolute Gasteiger partial charge is 0.293 e. The van der Waals surface area contributed by atoms with Crippen LogP contribution in [0.4, 0.5) is 11.4 Å². The number of nitro groups is 1. The van der Waals surface area contributed by atoms with Crippen LogP contribution in [0.3, 0.4) is 0 Å². The monoisotopic (exact) mass is 271 g/mol. The molecular formula is C15H17N3O2. The molecule has 5 nitrogen and oxygen atoms in total. The van der Waals surface area contributed by atoms with Crippen LogP contribution in [0.2, 0.25) is 0 Å². The first-order valence-electron chi connectivity index (χ1n) is 7.10. The van der Waals surface area contributed by atoms with Crippen molar-refractivity contribution in [2.24, 2.45) is 17.8 Å². The molecule has 0 saturated heterocycles. The molecule has 1 aromatic rings. The molecule has 0 radical (unpaired) electrons. The highest BCUT2D eigenvalue weighted by atomic mass is 16.6. The average Bonchev–Trinajstić information content (AvgIpc) is 3.07. The first-order chi connectivity index (χ1) is 9.67. The number of hydrogen-bond acceptors (Lipinski definition) is 4. The lowest BCUT2D eigenvalue weighted by Crippen LogP contribution is -2.20. The highest BCUT2D eigenvalue weighted by Crippen LogP contribution is 2.48. The van der Waals surface area contributed by atoms with Gasteiger partial charge in [-0.2, -0.15) is 5.26 Å². The maximum Gasteiger partial charge on any atom is 0.293 e. The number of benzene rings is 1. The molecule has 5 heteroatoms. The number of nitriles is 1.